The van der Waals surface area contributed by atoms with Crippen molar-refractivity contribution in [2.24, 2.45) is 29.6 Å². The number of carbonyl (C=O) groups is 9. The van der Waals surface area contributed by atoms with Gasteiger partial charge in [-0.3, -0.25) is 67.7 Å². The van der Waals surface area contributed by atoms with Crippen LogP contribution in [0.25, 0.3) is 0 Å². The molecule has 0 saturated carbocycles. The molecule has 36 nitrogen and oxygen atoms in total. The largest absolute Gasteiger partial charge is 0.508 e. The van der Waals surface area contributed by atoms with Crippen molar-refractivity contribution in [1.29, 1.82) is 0 Å². The van der Waals surface area contributed by atoms with Crippen LogP contribution in [0, 0.1) is 36.5 Å². The summed E-state index contributed by atoms with van der Waals surface area (Å²) in [6, 6.07) is 7.91. The lowest BCUT2D eigenvalue weighted by Crippen LogP contribution is -2.60. The highest BCUT2D eigenvalue weighted by Crippen LogP contribution is 2.47. The normalized spacial score (nSPS) is 21.5. The van der Waals surface area contributed by atoms with Crippen LogP contribution in [0.5, 0.6) is 23.0 Å². The first-order valence-electron chi connectivity index (χ1n) is 41.6. The number of hydrogen-bond donors (Lipinski definition) is 10. The van der Waals surface area contributed by atoms with Crippen molar-refractivity contribution in [2.75, 3.05) is 104 Å². The van der Waals surface area contributed by atoms with Gasteiger partial charge in [0, 0.05) is 93.4 Å². The van der Waals surface area contributed by atoms with Gasteiger partial charge in [0.1, 0.15) is 33.6 Å². The van der Waals surface area contributed by atoms with Crippen LogP contribution in [-0.2, 0) is 79.5 Å². The van der Waals surface area contributed by atoms with Crippen LogP contribution in [0.2, 0.25) is 0 Å². The topological polar surface area (TPSA) is 444 Å². The fourth-order valence-electron chi connectivity index (χ4n) is 15.5. The summed E-state index contributed by atoms with van der Waals surface area (Å²) >= 11 is 4.64. The number of aliphatic carboxylic acids is 1. The predicted octanol–water partition coefficient (Wildman–Crippen LogP) is 9.70. The Bertz CT molecular complexity index is 4700. The van der Waals surface area contributed by atoms with Gasteiger partial charge >= 0.3 is 11.9 Å². The van der Waals surface area contributed by atoms with E-state index in [1.807, 2.05) is 32.6 Å². The maximum Gasteiger partial charge on any atom is 0.306 e. The zero-order chi connectivity index (χ0) is 91.4. The zero-order valence-corrected chi connectivity index (χ0v) is 78.6. The molecule has 42 heteroatoms. The average molecular weight is 1860 g/mol. The zero-order valence-electron chi connectivity index (χ0n) is 73.6. The minimum atomic E-state index is -4.46. The molecule has 13 atom stereocenters. The van der Waals surface area contributed by atoms with Crippen molar-refractivity contribution in [1.82, 2.24) is 61.4 Å². The van der Waals surface area contributed by atoms with Gasteiger partial charge in [0.05, 0.1) is 98.9 Å². The summed E-state index contributed by atoms with van der Waals surface area (Å²) in [6.07, 6.45) is 4.49. The number of thiazole rings is 1. The first-order chi connectivity index (χ1) is 59.3. The molecule has 2 fully saturated rings. The molecule has 2 saturated heterocycles. The van der Waals surface area contributed by atoms with Crippen molar-refractivity contribution < 1.29 is 104 Å². The van der Waals surface area contributed by atoms with Gasteiger partial charge < -0.3 is 65.1 Å². The molecule has 0 bridgehead atoms. The lowest BCUT2D eigenvalue weighted by Gasteiger charge is -2.38. The second-order valence-corrected chi connectivity index (χ2v) is 41.3. The fraction of sp³-hybridized carbons (Fsp3) is 0.590. The van der Waals surface area contributed by atoms with Gasteiger partial charge in [0.15, 0.2) is 23.0 Å². The summed E-state index contributed by atoms with van der Waals surface area (Å²) in [5, 5.41) is 45.4. The Hall–Kier alpha value is -8.29. The number of unbranched alkanes of at least 4 members (excludes halogenated alkanes) is 2. The van der Waals surface area contributed by atoms with Crippen molar-refractivity contribution in [3.8, 4) is 23.0 Å². The van der Waals surface area contributed by atoms with Crippen molar-refractivity contribution >= 4 is 129 Å². The number of thioether (sulfide) groups is 2. The number of anilines is 2. The Balaban J connectivity index is 0.895. The minimum Gasteiger partial charge on any atom is -0.508 e. The molecule has 0 spiro atoms. The molecule has 6 unspecified atom stereocenters. The van der Waals surface area contributed by atoms with E-state index in [1.54, 1.807) is 104 Å². The number of hydrogen-bond acceptors (Lipinski definition) is 30. The number of esters is 1. The number of aromatic hydroxyl groups is 1. The second kappa shape index (κ2) is 46.1. The molecule has 5 aliphatic rings. The lowest BCUT2D eigenvalue weighted by atomic mass is 9.92. The van der Waals surface area contributed by atoms with E-state index in [0.717, 1.165) is 36.9 Å². The molecule has 690 valence electrons. The number of likely N-dealkylation sites (N-methyl/N-ethyl adjacent to an activating group) is 2. The molecule has 0 radical (unpaired) electrons. The van der Waals surface area contributed by atoms with Crippen LogP contribution in [0.4, 0.5) is 11.4 Å². The second-order valence-electron chi connectivity index (χ2n) is 33.1. The number of nitrogens with one attached hydrogen (secondary N) is 8. The number of hydrazine groups is 2. The maximum absolute atomic E-state index is 15.9. The number of aromatic nitrogens is 1. The van der Waals surface area contributed by atoms with E-state index in [2.05, 4.69) is 59.5 Å². The van der Waals surface area contributed by atoms with Gasteiger partial charge in [0.2, 0.25) is 19.3 Å². The molecule has 125 heavy (non-hydrogen) atoms. The Morgan fingerprint density at radius 3 is 2.14 bits per heavy atom. The van der Waals surface area contributed by atoms with Crippen molar-refractivity contribution in [3.63, 3.8) is 0 Å². The van der Waals surface area contributed by atoms with Crippen LogP contribution >= 0.6 is 54.3 Å². The molecule has 7 amide bonds. The number of phenols is 1. The van der Waals surface area contributed by atoms with E-state index in [4.69, 9.17) is 32.5 Å². The van der Waals surface area contributed by atoms with E-state index in [9.17, 15) is 57.0 Å². The number of rotatable bonds is 41. The van der Waals surface area contributed by atoms with Crippen molar-refractivity contribution in [3.05, 3.63) is 109 Å². The smallest absolute Gasteiger partial charge is 0.306 e. The molecule has 3 aromatic carbocycles. The van der Waals surface area contributed by atoms with Crippen LogP contribution in [0.15, 0.2) is 70.8 Å². The van der Waals surface area contributed by atoms with E-state index in [-0.39, 0.29) is 134 Å². The Kier molecular flexibility index (Phi) is 37.1. The number of benzene rings is 3. The van der Waals surface area contributed by atoms with Crippen LogP contribution < -0.4 is 57.0 Å². The van der Waals surface area contributed by atoms with E-state index in [1.165, 1.54) is 80.1 Å². The van der Waals surface area contributed by atoms with Gasteiger partial charge in [0.25, 0.3) is 39.7 Å². The van der Waals surface area contributed by atoms with Crippen LogP contribution in [-0.4, -0.2) is 241 Å². The maximum atomic E-state index is 15.9. The number of carboxylic acid groups (broad SMARTS) is 1. The van der Waals surface area contributed by atoms with Gasteiger partial charge in [-0.05, 0) is 162 Å². The first-order valence-corrected chi connectivity index (χ1v) is 48.7. The Morgan fingerprint density at radius 2 is 1.49 bits per heavy atom. The molecule has 4 aromatic rings. The number of carboxylic acids is 1. The summed E-state index contributed by atoms with van der Waals surface area (Å²) < 4.78 is 80.4. The monoisotopic (exact) mass is 1860 g/mol. The van der Waals surface area contributed by atoms with E-state index >= 15 is 9.36 Å². The number of methoxy groups -OCH3 is 1. The summed E-state index contributed by atoms with van der Waals surface area (Å²) in [4.78, 5) is 140. The van der Waals surface area contributed by atoms with Gasteiger partial charge in [-0.25, -0.2) is 20.0 Å². The summed E-state index contributed by atoms with van der Waals surface area (Å²) in [5.74, 6) is -5.51. The first kappa shape index (κ1) is 100. The molecule has 6 heterocycles. The predicted molar refractivity (Wildman–Crippen MR) is 478 cm³/mol. The van der Waals surface area contributed by atoms with Crippen LogP contribution in [0.3, 0.4) is 0 Å². The third-order valence-electron chi connectivity index (χ3n) is 23.4. The molecular weight excluding hydrogens is 1740 g/mol. The third-order valence-corrected chi connectivity index (χ3v) is 30.7. The van der Waals surface area contributed by atoms with Gasteiger partial charge in [-0.1, -0.05) is 65.1 Å². The molecule has 5 aliphatic heterocycles. The number of phenolic OH excluding ortho intramolecular Hbond substituents is 1. The molecular formula is C83H121N14O22PS5. The van der Waals surface area contributed by atoms with Crippen LogP contribution in [0.1, 0.15) is 179 Å². The highest BCUT2D eigenvalue weighted by atomic mass is 32.2. The number of ether oxygens (including phenoxy) is 4. The van der Waals surface area contributed by atoms with E-state index in [0.29, 0.717) is 89.1 Å². The van der Waals surface area contributed by atoms with Crippen molar-refractivity contribution in [2.45, 2.75) is 192 Å². The quantitative estimate of drug-likeness (QED) is 0.00376. The summed E-state index contributed by atoms with van der Waals surface area (Å²) in [6.45, 7) is 18.8. The Labute approximate surface area is 747 Å². The standard InChI is InChI=1S/C83H121N14O22PS5/c1-17-50(5)73(89-82(108)83(9,10)93(11)12)80(105)94(13)63(48(2)3)42-70(117-53(8)98)76-87-62(45-123-76)74(102)85-57(34-52(7)81(106)107)37-54-21-22-66(99)56(36-54)24-28-95(120(109)46-84-90-71(100)25-31-121-47-122-32-26-72(101)91-92-120)27-23-55-38-65-77(125(110,111)114-16)88-61-40-67(51(6)35-58(61)78(103)97(65)44-55)115-29-19-18-20-30-116-69-41-60-59(39-68(69)112-14)79(104)96-43-49(4)33-64(96)75(86-60)124-119-118-113-15/h21-22,25-26,31-32,35-36,39-41,45,48-50,52,55,57,63-65,70,73,75,77,84,86,88,99H,17-20,23-24,27-30,33-34,37-38,42-44,46-47H2,1-16H3,(H,85,102)(H,89,108)(H,90,100)(H,91,101)(H,92,109)(H,106,107)/t49?,50-,52?,55?,57+,63+,64-,65-,70+,73-,75?,77?,120?/m0/s1. The van der Waals surface area contributed by atoms with E-state index < -0.39 is 118 Å². The lowest BCUT2D eigenvalue weighted by molar-refractivity contribution is -0.447. The van der Waals surface area contributed by atoms with Gasteiger partial charge in [-0.15, -0.1) is 39.2 Å². The average Bonchev–Trinajstić information content (AvgIpc) is 1.62. The number of nitrogens with zero attached hydrogens (tertiary/aromatic N) is 6. The SMILES string of the molecule is CC[C@H](C)[C@H](NC(=O)C(C)(C)N(C)C)C(=O)N(C)[C@H](C[C@@H](OC(C)=O)c1nc(C(=O)N[C@@H](Cc2ccc(O)c(CCN(CCC3C[C@H]4C(S(=O)(=O)OC)Nc5cc(OCCCCCOc6cc7c(cc6OC)C(=O)N6CC(C)C[C@H]6C(SOOOC)N7)c(C)cc5C(=O)N4C3)P3(=O)CNNC(=O)C=CSCSC=CC(=O)NN3)c2)CC(C)C(=O)O)cs1)C(C)C. The summed E-state index contributed by atoms with van der Waals surface area (Å²) in [5.41, 5.74) is 9.68. The molecule has 0 aliphatic carbocycles. The summed E-state index contributed by atoms with van der Waals surface area (Å²) in [7, 11) is 0.445. The minimum absolute atomic E-state index is 0.0264. The highest BCUT2D eigenvalue weighted by Gasteiger charge is 2.50. The molecule has 9 rings (SSSR count). The Morgan fingerprint density at radius 1 is 0.824 bits per heavy atom. The van der Waals surface area contributed by atoms with Gasteiger partial charge in [-0.2, -0.15) is 13.6 Å². The molecule has 10 N–H and O–H groups in total. The fourth-order valence-corrected chi connectivity index (χ4v) is 21.5. The number of amides is 7. The highest BCUT2D eigenvalue weighted by molar-refractivity contribution is 8.18. The number of carbonyl (C=O) groups excluding carboxylic acids is 8. The molecule has 1 aromatic heterocycles. The number of fused-ring (bicyclic) bond motifs is 4. The number of aryl methyl sites for hydroxylation is 1. The third kappa shape index (κ3) is 26.7.